The third kappa shape index (κ3) is 4.68. The van der Waals surface area contributed by atoms with E-state index in [1.165, 1.54) is 24.3 Å². The third-order valence-corrected chi connectivity index (χ3v) is 4.38. The second kappa shape index (κ2) is 8.26. The van der Waals surface area contributed by atoms with Crippen molar-refractivity contribution in [3.63, 3.8) is 0 Å². The SMILES string of the molecule is O=C(Cc1cc(Cl)c2c(c1)OCCO2)NCC(C(=O)O)c1ccc(F)cc1. The summed E-state index contributed by atoms with van der Waals surface area (Å²) < 4.78 is 23.9. The van der Waals surface area contributed by atoms with Crippen LogP contribution in [0.1, 0.15) is 17.0 Å². The lowest BCUT2D eigenvalue weighted by Crippen LogP contribution is -2.32. The topological polar surface area (TPSA) is 84.9 Å². The Labute approximate surface area is 159 Å². The van der Waals surface area contributed by atoms with Crippen LogP contribution in [0.2, 0.25) is 5.02 Å². The fourth-order valence-corrected chi connectivity index (χ4v) is 3.06. The van der Waals surface area contributed by atoms with E-state index >= 15 is 0 Å². The number of carboxylic acids is 1. The van der Waals surface area contributed by atoms with Crippen LogP contribution in [0.5, 0.6) is 11.5 Å². The number of carboxylic acid groups (broad SMARTS) is 1. The van der Waals surface area contributed by atoms with Crippen molar-refractivity contribution in [3.8, 4) is 11.5 Å². The Morgan fingerprint density at radius 2 is 1.89 bits per heavy atom. The molecule has 0 saturated carbocycles. The molecule has 0 bridgehead atoms. The average molecular weight is 394 g/mol. The molecule has 2 N–H and O–H groups in total. The highest BCUT2D eigenvalue weighted by Gasteiger charge is 2.22. The number of benzene rings is 2. The Bertz CT molecular complexity index is 856. The monoisotopic (exact) mass is 393 g/mol. The molecule has 0 saturated heterocycles. The van der Waals surface area contributed by atoms with Gasteiger partial charge in [0, 0.05) is 6.54 Å². The first kappa shape index (κ1) is 19.0. The predicted octanol–water partition coefficient (Wildman–Crippen LogP) is 2.78. The molecule has 0 spiro atoms. The molecule has 27 heavy (non-hydrogen) atoms. The summed E-state index contributed by atoms with van der Waals surface area (Å²) in [5, 5.41) is 12.3. The fraction of sp³-hybridized carbons (Fsp3) is 0.263. The van der Waals surface area contributed by atoms with Crippen LogP contribution in [0.4, 0.5) is 4.39 Å². The van der Waals surface area contributed by atoms with Crippen molar-refractivity contribution >= 4 is 23.5 Å². The maximum Gasteiger partial charge on any atom is 0.312 e. The van der Waals surface area contributed by atoms with Crippen molar-refractivity contribution in [1.29, 1.82) is 0 Å². The van der Waals surface area contributed by atoms with Crippen molar-refractivity contribution in [2.45, 2.75) is 12.3 Å². The minimum atomic E-state index is -1.11. The summed E-state index contributed by atoms with van der Waals surface area (Å²) in [5.41, 5.74) is 1.03. The Morgan fingerprint density at radius 3 is 2.59 bits per heavy atom. The minimum Gasteiger partial charge on any atom is -0.486 e. The molecule has 1 heterocycles. The fourth-order valence-electron chi connectivity index (χ4n) is 2.77. The number of halogens is 2. The lowest BCUT2D eigenvalue weighted by molar-refractivity contribution is -0.138. The first-order valence-electron chi connectivity index (χ1n) is 8.27. The summed E-state index contributed by atoms with van der Waals surface area (Å²) in [6, 6.07) is 8.44. The maximum atomic E-state index is 13.0. The summed E-state index contributed by atoms with van der Waals surface area (Å²) in [7, 11) is 0. The number of amides is 1. The van der Waals surface area contributed by atoms with Crippen LogP contribution < -0.4 is 14.8 Å². The van der Waals surface area contributed by atoms with E-state index < -0.39 is 17.7 Å². The van der Waals surface area contributed by atoms with Crippen molar-refractivity contribution < 1.29 is 28.6 Å². The van der Waals surface area contributed by atoms with Crippen molar-refractivity contribution in [1.82, 2.24) is 5.32 Å². The van der Waals surface area contributed by atoms with Gasteiger partial charge in [-0.3, -0.25) is 9.59 Å². The van der Waals surface area contributed by atoms with Gasteiger partial charge in [0.25, 0.3) is 0 Å². The van der Waals surface area contributed by atoms with E-state index in [-0.39, 0.29) is 18.9 Å². The molecular weight excluding hydrogens is 377 g/mol. The highest BCUT2D eigenvalue weighted by Crippen LogP contribution is 2.38. The number of hydrogen-bond acceptors (Lipinski definition) is 4. The number of carbonyl (C=O) groups excluding carboxylic acids is 1. The van der Waals surface area contributed by atoms with E-state index in [1.807, 2.05) is 0 Å². The quantitative estimate of drug-likeness (QED) is 0.788. The predicted molar refractivity (Wildman–Crippen MR) is 95.9 cm³/mol. The van der Waals surface area contributed by atoms with Crippen LogP contribution in [0.15, 0.2) is 36.4 Å². The molecular formula is C19H17ClFNO5. The third-order valence-electron chi connectivity index (χ3n) is 4.10. The number of aliphatic carboxylic acids is 1. The van der Waals surface area contributed by atoms with Crippen LogP contribution >= 0.6 is 11.6 Å². The molecule has 0 aromatic heterocycles. The van der Waals surface area contributed by atoms with Gasteiger partial charge in [0.2, 0.25) is 5.91 Å². The van der Waals surface area contributed by atoms with Gasteiger partial charge >= 0.3 is 5.97 Å². The molecule has 3 rings (SSSR count). The number of ether oxygens (including phenoxy) is 2. The van der Waals surface area contributed by atoms with E-state index in [1.54, 1.807) is 12.1 Å². The van der Waals surface area contributed by atoms with E-state index in [0.29, 0.717) is 40.9 Å². The lowest BCUT2D eigenvalue weighted by atomic mass is 9.99. The van der Waals surface area contributed by atoms with E-state index in [4.69, 9.17) is 21.1 Å². The first-order valence-corrected chi connectivity index (χ1v) is 8.65. The normalized spacial score (nSPS) is 13.7. The second-order valence-electron chi connectivity index (χ2n) is 6.03. The Morgan fingerprint density at radius 1 is 1.19 bits per heavy atom. The molecule has 2 aromatic rings. The Kier molecular flexibility index (Phi) is 5.81. The van der Waals surface area contributed by atoms with Gasteiger partial charge in [0.1, 0.15) is 19.0 Å². The zero-order valence-corrected chi connectivity index (χ0v) is 15.0. The molecule has 1 atom stereocenters. The number of nitrogens with one attached hydrogen (secondary N) is 1. The number of carbonyl (C=O) groups is 2. The molecule has 0 aliphatic carbocycles. The van der Waals surface area contributed by atoms with Crippen LogP contribution in [-0.2, 0) is 16.0 Å². The zero-order chi connectivity index (χ0) is 19.4. The smallest absolute Gasteiger partial charge is 0.312 e. The second-order valence-corrected chi connectivity index (χ2v) is 6.43. The van der Waals surface area contributed by atoms with Gasteiger partial charge in [-0.25, -0.2) is 4.39 Å². The van der Waals surface area contributed by atoms with E-state index in [2.05, 4.69) is 5.32 Å². The molecule has 8 heteroatoms. The zero-order valence-electron chi connectivity index (χ0n) is 14.2. The van der Waals surface area contributed by atoms with Crippen LogP contribution in [0, 0.1) is 5.82 Å². The van der Waals surface area contributed by atoms with Gasteiger partial charge < -0.3 is 19.9 Å². The van der Waals surface area contributed by atoms with Gasteiger partial charge in [0.05, 0.1) is 17.4 Å². The Balaban J connectivity index is 1.64. The summed E-state index contributed by atoms with van der Waals surface area (Å²) in [6.45, 7) is 0.696. The van der Waals surface area contributed by atoms with E-state index in [9.17, 15) is 19.1 Å². The number of fused-ring (bicyclic) bond motifs is 1. The lowest BCUT2D eigenvalue weighted by Gasteiger charge is -2.20. The molecule has 6 nitrogen and oxygen atoms in total. The van der Waals surface area contributed by atoms with Crippen molar-refractivity contribution in [2.75, 3.05) is 19.8 Å². The molecule has 1 amide bonds. The summed E-state index contributed by atoms with van der Waals surface area (Å²) in [5.74, 6) is -1.97. The van der Waals surface area contributed by atoms with Gasteiger partial charge in [-0.1, -0.05) is 23.7 Å². The standard InChI is InChI=1S/C19H17ClFNO5/c20-15-7-11(8-16-18(15)27-6-5-26-16)9-17(23)22-10-14(19(24)25)12-1-3-13(21)4-2-12/h1-4,7-8,14H,5-6,9-10H2,(H,22,23)(H,24,25). The molecule has 1 aliphatic rings. The molecule has 1 unspecified atom stereocenters. The highest BCUT2D eigenvalue weighted by molar-refractivity contribution is 6.32. The van der Waals surface area contributed by atoms with Crippen molar-refractivity contribution in [3.05, 3.63) is 58.4 Å². The highest BCUT2D eigenvalue weighted by atomic mass is 35.5. The largest absolute Gasteiger partial charge is 0.486 e. The van der Waals surface area contributed by atoms with E-state index in [0.717, 1.165) is 0 Å². The number of rotatable bonds is 6. The molecule has 0 radical (unpaired) electrons. The Hall–Kier alpha value is -2.80. The molecule has 2 aromatic carbocycles. The summed E-state index contributed by atoms with van der Waals surface area (Å²) in [6.07, 6.45) is 0.00607. The minimum absolute atomic E-state index is 0.00607. The van der Waals surface area contributed by atoms with Gasteiger partial charge in [0.15, 0.2) is 11.5 Å². The molecule has 142 valence electrons. The van der Waals surface area contributed by atoms with Crippen LogP contribution in [0.3, 0.4) is 0 Å². The maximum absolute atomic E-state index is 13.0. The summed E-state index contributed by atoms with van der Waals surface area (Å²) in [4.78, 5) is 23.7. The first-order chi connectivity index (χ1) is 12.9. The van der Waals surface area contributed by atoms with Crippen LogP contribution in [-0.4, -0.2) is 36.7 Å². The molecule has 0 fully saturated rings. The summed E-state index contributed by atoms with van der Waals surface area (Å²) >= 11 is 6.15. The van der Waals surface area contributed by atoms with Gasteiger partial charge in [-0.15, -0.1) is 0 Å². The molecule has 1 aliphatic heterocycles. The average Bonchev–Trinajstić information content (AvgIpc) is 2.63. The van der Waals surface area contributed by atoms with Crippen LogP contribution in [0.25, 0.3) is 0 Å². The van der Waals surface area contributed by atoms with Gasteiger partial charge in [-0.2, -0.15) is 0 Å². The van der Waals surface area contributed by atoms with Gasteiger partial charge in [-0.05, 0) is 35.4 Å². The number of hydrogen-bond donors (Lipinski definition) is 2. The van der Waals surface area contributed by atoms with Crippen molar-refractivity contribution in [2.24, 2.45) is 0 Å².